The molecule has 0 saturated heterocycles. The third-order valence-corrected chi connectivity index (χ3v) is 1.09. The highest BCUT2D eigenvalue weighted by molar-refractivity contribution is 5.32. The molecule has 72 valence electrons. The van der Waals surface area contributed by atoms with E-state index in [0.29, 0.717) is 0 Å². The van der Waals surface area contributed by atoms with Crippen molar-refractivity contribution in [1.29, 1.82) is 0 Å². The summed E-state index contributed by atoms with van der Waals surface area (Å²) in [6.07, 6.45) is 4.50. The molecule has 1 fully saturated rings. The first-order chi connectivity index (χ1) is 6.31. The molecule has 2 nitrogen and oxygen atoms in total. The van der Waals surface area contributed by atoms with Gasteiger partial charge in [-0.25, -0.2) is 4.39 Å². The van der Waals surface area contributed by atoms with Crippen LogP contribution < -0.4 is 0 Å². The molecule has 0 aromatic heterocycles. The standard InChI is InChI=1S/C6H5F.C3H6.CH2O2/c7-6-4-2-1-3-5-6;1-2-3-1;2-1-3/h1-5H;1-3H2;1H,(H,2,3). The fourth-order valence-electron chi connectivity index (χ4n) is 0.415. The van der Waals surface area contributed by atoms with E-state index in [1.807, 2.05) is 0 Å². The molecule has 0 amide bonds. The highest BCUT2D eigenvalue weighted by atomic mass is 19.1. The third kappa shape index (κ3) is 13.6. The fraction of sp³-hybridized carbons (Fsp3) is 0.300. The van der Waals surface area contributed by atoms with Gasteiger partial charge < -0.3 is 5.11 Å². The van der Waals surface area contributed by atoms with Crippen LogP contribution in [0.4, 0.5) is 4.39 Å². The first kappa shape index (κ1) is 11.6. The lowest BCUT2D eigenvalue weighted by Crippen LogP contribution is -1.63. The van der Waals surface area contributed by atoms with Crippen LogP contribution in [0.15, 0.2) is 30.3 Å². The number of benzene rings is 1. The van der Waals surface area contributed by atoms with E-state index in [9.17, 15) is 4.39 Å². The summed E-state index contributed by atoms with van der Waals surface area (Å²) in [5.74, 6) is -0.178. The first-order valence-electron chi connectivity index (χ1n) is 4.09. The number of halogens is 1. The molecule has 1 N–H and O–H groups in total. The Bertz CT molecular complexity index is 207. The Hall–Kier alpha value is -1.38. The quantitative estimate of drug-likeness (QED) is 0.629. The zero-order chi connectivity index (χ0) is 9.94. The molecule has 0 atom stereocenters. The lowest BCUT2D eigenvalue weighted by atomic mass is 10.4. The van der Waals surface area contributed by atoms with Crippen LogP contribution in [0.5, 0.6) is 0 Å². The van der Waals surface area contributed by atoms with Crippen LogP contribution in [0.3, 0.4) is 0 Å². The van der Waals surface area contributed by atoms with Gasteiger partial charge in [-0.05, 0) is 12.1 Å². The van der Waals surface area contributed by atoms with Crippen LogP contribution in [0.25, 0.3) is 0 Å². The Morgan fingerprint density at radius 3 is 1.69 bits per heavy atom. The zero-order valence-electron chi connectivity index (χ0n) is 7.32. The molecule has 2 rings (SSSR count). The molecule has 13 heavy (non-hydrogen) atoms. The van der Waals surface area contributed by atoms with Gasteiger partial charge in [0.05, 0.1) is 0 Å². The monoisotopic (exact) mass is 184 g/mol. The van der Waals surface area contributed by atoms with Crippen LogP contribution in [0.2, 0.25) is 0 Å². The van der Waals surface area contributed by atoms with Crippen LogP contribution >= 0.6 is 0 Å². The van der Waals surface area contributed by atoms with Gasteiger partial charge in [-0.2, -0.15) is 0 Å². The van der Waals surface area contributed by atoms with Crippen molar-refractivity contribution in [2.75, 3.05) is 0 Å². The number of hydrogen-bond acceptors (Lipinski definition) is 1. The van der Waals surface area contributed by atoms with Gasteiger partial charge in [0.15, 0.2) is 0 Å². The van der Waals surface area contributed by atoms with Crippen molar-refractivity contribution < 1.29 is 14.3 Å². The van der Waals surface area contributed by atoms with Crippen LogP contribution in [0.1, 0.15) is 19.3 Å². The summed E-state index contributed by atoms with van der Waals surface area (Å²) in [6, 6.07) is 7.94. The number of carboxylic acid groups (broad SMARTS) is 1. The number of hydrogen-bond donors (Lipinski definition) is 1. The van der Waals surface area contributed by atoms with Crippen molar-refractivity contribution in [3.63, 3.8) is 0 Å². The average Bonchev–Trinajstić information content (AvgIpc) is 2.92. The molecule has 1 aromatic rings. The van der Waals surface area contributed by atoms with Crippen molar-refractivity contribution in [3.05, 3.63) is 36.1 Å². The molecule has 0 aliphatic heterocycles. The maximum absolute atomic E-state index is 11.9. The molecule has 0 heterocycles. The van der Waals surface area contributed by atoms with Gasteiger partial charge >= 0.3 is 0 Å². The van der Waals surface area contributed by atoms with E-state index < -0.39 is 0 Å². The van der Waals surface area contributed by atoms with Crippen LogP contribution in [-0.4, -0.2) is 11.6 Å². The number of rotatable bonds is 0. The highest BCUT2D eigenvalue weighted by Gasteiger charge is 1.95. The Kier molecular flexibility index (Phi) is 7.79. The van der Waals surface area contributed by atoms with Gasteiger partial charge in [0.25, 0.3) is 6.47 Å². The average molecular weight is 184 g/mol. The summed E-state index contributed by atoms with van der Waals surface area (Å²) in [5.41, 5.74) is 0. The highest BCUT2D eigenvalue weighted by Crippen LogP contribution is 2.14. The normalized spacial score (nSPS) is 11.2. The molecule has 1 aromatic carbocycles. The first-order valence-corrected chi connectivity index (χ1v) is 4.09. The molecule has 0 bridgehead atoms. The van der Waals surface area contributed by atoms with E-state index in [1.54, 1.807) is 18.2 Å². The molecule has 0 unspecified atom stereocenters. The Labute approximate surface area is 77.0 Å². The minimum absolute atomic E-state index is 0.178. The summed E-state index contributed by atoms with van der Waals surface area (Å²) < 4.78 is 11.9. The van der Waals surface area contributed by atoms with Crippen molar-refractivity contribution >= 4 is 6.47 Å². The SMILES string of the molecule is C1CC1.Fc1ccccc1.O=CO. The largest absolute Gasteiger partial charge is 0.483 e. The van der Waals surface area contributed by atoms with Gasteiger partial charge in [0, 0.05) is 0 Å². The molecule has 1 aliphatic rings. The minimum atomic E-state index is -0.250. The van der Waals surface area contributed by atoms with Gasteiger partial charge in [-0.15, -0.1) is 0 Å². The minimum Gasteiger partial charge on any atom is -0.483 e. The van der Waals surface area contributed by atoms with Crippen molar-refractivity contribution in [3.8, 4) is 0 Å². The van der Waals surface area contributed by atoms with Gasteiger partial charge in [-0.3, -0.25) is 4.79 Å². The van der Waals surface area contributed by atoms with E-state index in [1.165, 1.54) is 31.4 Å². The van der Waals surface area contributed by atoms with Crippen LogP contribution in [0, 0.1) is 5.82 Å². The van der Waals surface area contributed by atoms with E-state index in [0.717, 1.165) is 0 Å². The van der Waals surface area contributed by atoms with Gasteiger partial charge in [0.1, 0.15) is 5.82 Å². The second kappa shape index (κ2) is 8.71. The maximum Gasteiger partial charge on any atom is 0.290 e. The molecular weight excluding hydrogens is 171 g/mol. The maximum atomic E-state index is 11.9. The lowest BCUT2D eigenvalue weighted by molar-refractivity contribution is -0.122. The van der Waals surface area contributed by atoms with Crippen LogP contribution in [-0.2, 0) is 4.79 Å². The number of carbonyl (C=O) groups is 1. The van der Waals surface area contributed by atoms with Crippen molar-refractivity contribution in [2.24, 2.45) is 0 Å². The predicted octanol–water partition coefficient (Wildman–Crippen LogP) is 2.70. The van der Waals surface area contributed by atoms with E-state index in [2.05, 4.69) is 0 Å². The van der Waals surface area contributed by atoms with E-state index >= 15 is 0 Å². The molecule has 1 saturated carbocycles. The second-order valence-electron chi connectivity index (χ2n) is 2.46. The fourth-order valence-corrected chi connectivity index (χ4v) is 0.415. The molecular formula is C10H13FO2. The molecule has 1 aliphatic carbocycles. The van der Waals surface area contributed by atoms with Crippen molar-refractivity contribution in [2.45, 2.75) is 19.3 Å². The van der Waals surface area contributed by atoms with E-state index in [4.69, 9.17) is 9.90 Å². The summed E-state index contributed by atoms with van der Waals surface area (Å²) in [7, 11) is 0. The van der Waals surface area contributed by atoms with Crippen molar-refractivity contribution in [1.82, 2.24) is 0 Å². The summed E-state index contributed by atoms with van der Waals surface area (Å²) in [4.78, 5) is 8.36. The molecule has 0 radical (unpaired) electrons. The summed E-state index contributed by atoms with van der Waals surface area (Å²) in [5, 5.41) is 6.89. The summed E-state index contributed by atoms with van der Waals surface area (Å²) >= 11 is 0. The zero-order valence-corrected chi connectivity index (χ0v) is 7.32. The molecule has 3 heteroatoms. The Balaban J connectivity index is 0.000000200. The van der Waals surface area contributed by atoms with E-state index in [-0.39, 0.29) is 12.3 Å². The smallest absolute Gasteiger partial charge is 0.290 e. The Morgan fingerprint density at radius 2 is 1.54 bits per heavy atom. The predicted molar refractivity (Wildman–Crippen MR) is 48.9 cm³/mol. The lowest BCUT2D eigenvalue weighted by Gasteiger charge is -1.78. The second-order valence-corrected chi connectivity index (χ2v) is 2.46. The third-order valence-electron chi connectivity index (χ3n) is 1.09. The Morgan fingerprint density at radius 1 is 1.15 bits per heavy atom. The molecule has 0 spiro atoms. The van der Waals surface area contributed by atoms with Gasteiger partial charge in [-0.1, -0.05) is 37.5 Å². The van der Waals surface area contributed by atoms with Gasteiger partial charge in [0.2, 0.25) is 0 Å². The summed E-state index contributed by atoms with van der Waals surface area (Å²) in [6.45, 7) is -0.250. The topological polar surface area (TPSA) is 37.3 Å².